The third-order valence-electron chi connectivity index (χ3n) is 2.71. The average Bonchev–Trinajstić information content (AvgIpc) is 2.93. The highest BCUT2D eigenvalue weighted by atomic mass is 79.9. The molecular formula is C13H7Br2FN2OS. The van der Waals surface area contributed by atoms with Crippen LogP contribution in [0.5, 0.6) is 0 Å². The number of hydrogen-bond donors (Lipinski definition) is 1. The van der Waals surface area contributed by atoms with Crippen molar-refractivity contribution in [1.29, 1.82) is 0 Å². The number of thiophene rings is 1. The molecule has 0 saturated carbocycles. The van der Waals surface area contributed by atoms with Gasteiger partial charge in [-0.2, -0.15) is 0 Å². The van der Waals surface area contributed by atoms with Crippen LogP contribution in [0.3, 0.4) is 0 Å². The van der Waals surface area contributed by atoms with Gasteiger partial charge in [0.2, 0.25) is 5.88 Å². The number of halogens is 3. The maximum Gasteiger partial charge on any atom is 0.230 e. The molecule has 0 spiro atoms. The van der Waals surface area contributed by atoms with Crippen molar-refractivity contribution < 1.29 is 8.91 Å². The Kier molecular flexibility index (Phi) is 3.66. The van der Waals surface area contributed by atoms with E-state index < -0.39 is 0 Å². The van der Waals surface area contributed by atoms with Gasteiger partial charge in [-0.05, 0) is 55.6 Å². The molecule has 3 nitrogen and oxygen atoms in total. The molecule has 2 aromatic heterocycles. The summed E-state index contributed by atoms with van der Waals surface area (Å²) in [7, 11) is 0. The van der Waals surface area contributed by atoms with Gasteiger partial charge in [-0.3, -0.25) is 0 Å². The van der Waals surface area contributed by atoms with Crippen LogP contribution in [-0.2, 0) is 0 Å². The van der Waals surface area contributed by atoms with Crippen LogP contribution in [0.4, 0.5) is 10.3 Å². The first kappa shape index (κ1) is 13.8. The van der Waals surface area contributed by atoms with Gasteiger partial charge in [-0.15, -0.1) is 11.3 Å². The van der Waals surface area contributed by atoms with E-state index in [1.165, 1.54) is 23.5 Å². The van der Waals surface area contributed by atoms with Gasteiger partial charge in [0.15, 0.2) is 0 Å². The molecule has 1 aromatic carbocycles. The largest absolute Gasteiger partial charge is 0.367 e. The summed E-state index contributed by atoms with van der Waals surface area (Å²) < 4.78 is 20.3. The molecule has 0 unspecified atom stereocenters. The van der Waals surface area contributed by atoms with Crippen LogP contribution in [0.2, 0.25) is 0 Å². The molecule has 0 aliphatic rings. The monoisotopic (exact) mass is 416 g/mol. The molecule has 0 atom stereocenters. The Morgan fingerprint density at radius 3 is 2.70 bits per heavy atom. The van der Waals surface area contributed by atoms with Gasteiger partial charge < -0.3 is 10.3 Å². The van der Waals surface area contributed by atoms with E-state index in [0.717, 1.165) is 13.1 Å². The van der Waals surface area contributed by atoms with E-state index in [4.69, 9.17) is 10.3 Å². The maximum atomic E-state index is 13.4. The lowest BCUT2D eigenvalue weighted by Gasteiger charge is -2.01. The predicted octanol–water partition coefficient (Wildman–Crippen LogP) is 5.32. The minimum Gasteiger partial charge on any atom is -0.367 e. The van der Waals surface area contributed by atoms with Crippen molar-refractivity contribution in [3.8, 4) is 21.7 Å². The number of rotatable bonds is 2. The van der Waals surface area contributed by atoms with Crippen molar-refractivity contribution in [1.82, 2.24) is 5.16 Å². The Hall–Kier alpha value is -1.18. The Labute approximate surface area is 134 Å². The highest BCUT2D eigenvalue weighted by Crippen LogP contribution is 2.43. The zero-order valence-corrected chi connectivity index (χ0v) is 13.9. The second kappa shape index (κ2) is 5.31. The molecule has 0 radical (unpaired) electrons. The first-order chi connectivity index (χ1) is 9.56. The second-order valence-corrected chi connectivity index (χ2v) is 7.24. The summed E-state index contributed by atoms with van der Waals surface area (Å²) in [5.41, 5.74) is 7.68. The molecule has 0 aliphatic carbocycles. The number of aromatic nitrogens is 1. The standard InChI is InChI=1S/C13H7Br2FN2OS/c14-8-5-9(20-12(8)15)11-10(13(17)19-18-11)6-2-1-3-7(16)4-6/h1-5H,17H2. The number of anilines is 1. The highest BCUT2D eigenvalue weighted by Gasteiger charge is 2.20. The van der Waals surface area contributed by atoms with Crippen molar-refractivity contribution in [3.05, 3.63) is 44.4 Å². The third-order valence-corrected chi connectivity index (χ3v) is 5.97. The molecule has 0 fully saturated rings. The molecular weight excluding hydrogens is 411 g/mol. The fraction of sp³-hybridized carbons (Fsp3) is 0. The number of nitrogens with two attached hydrogens (primary N) is 1. The number of nitrogens with zero attached hydrogens (tertiary/aromatic N) is 1. The van der Waals surface area contributed by atoms with Crippen LogP contribution in [-0.4, -0.2) is 5.16 Å². The van der Waals surface area contributed by atoms with Crippen molar-refractivity contribution in [3.63, 3.8) is 0 Å². The van der Waals surface area contributed by atoms with E-state index in [1.54, 1.807) is 12.1 Å². The van der Waals surface area contributed by atoms with E-state index in [2.05, 4.69) is 37.0 Å². The van der Waals surface area contributed by atoms with Crippen molar-refractivity contribution in [2.75, 3.05) is 5.73 Å². The minimum absolute atomic E-state index is 0.172. The van der Waals surface area contributed by atoms with Crippen LogP contribution < -0.4 is 5.73 Å². The average molecular weight is 418 g/mol. The van der Waals surface area contributed by atoms with E-state index in [9.17, 15) is 4.39 Å². The first-order valence-corrected chi connectivity index (χ1v) is 7.93. The molecule has 0 saturated heterocycles. The highest BCUT2D eigenvalue weighted by molar-refractivity contribution is 9.13. The van der Waals surface area contributed by atoms with Crippen LogP contribution in [0.1, 0.15) is 0 Å². The maximum absolute atomic E-state index is 13.4. The number of hydrogen-bond acceptors (Lipinski definition) is 4. The summed E-state index contributed by atoms with van der Waals surface area (Å²) in [6, 6.07) is 8.10. The molecule has 3 rings (SSSR count). The summed E-state index contributed by atoms with van der Waals surface area (Å²) in [6.07, 6.45) is 0. The minimum atomic E-state index is -0.331. The Morgan fingerprint density at radius 2 is 2.05 bits per heavy atom. The fourth-order valence-electron chi connectivity index (χ4n) is 1.86. The molecule has 2 N–H and O–H groups in total. The lowest BCUT2D eigenvalue weighted by molar-refractivity contribution is 0.439. The summed E-state index contributed by atoms with van der Waals surface area (Å²) in [5, 5.41) is 3.99. The molecule has 2 heterocycles. The lowest BCUT2D eigenvalue weighted by atomic mass is 10.0. The third kappa shape index (κ3) is 2.41. The zero-order chi connectivity index (χ0) is 14.3. The van der Waals surface area contributed by atoms with Crippen molar-refractivity contribution >= 4 is 49.1 Å². The van der Waals surface area contributed by atoms with E-state index >= 15 is 0 Å². The smallest absolute Gasteiger partial charge is 0.230 e. The van der Waals surface area contributed by atoms with Crippen LogP contribution in [0, 0.1) is 5.82 Å². The summed E-state index contributed by atoms with van der Waals surface area (Å²) in [6.45, 7) is 0. The molecule has 0 bridgehead atoms. The molecule has 7 heteroatoms. The number of benzene rings is 1. The van der Waals surface area contributed by atoms with Crippen LogP contribution in [0.25, 0.3) is 21.7 Å². The topological polar surface area (TPSA) is 52.0 Å². The Bertz CT molecular complexity index is 765. The predicted molar refractivity (Wildman–Crippen MR) is 85.0 cm³/mol. The van der Waals surface area contributed by atoms with Gasteiger partial charge in [-0.25, -0.2) is 4.39 Å². The molecule has 3 aromatic rings. The Balaban J connectivity index is 2.19. The number of nitrogen functional groups attached to an aromatic ring is 1. The van der Waals surface area contributed by atoms with Crippen molar-refractivity contribution in [2.45, 2.75) is 0 Å². The van der Waals surface area contributed by atoms with Gasteiger partial charge in [0.25, 0.3) is 0 Å². The van der Waals surface area contributed by atoms with Gasteiger partial charge in [-0.1, -0.05) is 17.3 Å². The summed E-state index contributed by atoms with van der Waals surface area (Å²) >= 11 is 8.35. The second-order valence-electron chi connectivity index (χ2n) is 4.01. The molecule has 20 heavy (non-hydrogen) atoms. The SMILES string of the molecule is Nc1onc(-c2cc(Br)c(Br)s2)c1-c1cccc(F)c1. The normalized spacial score (nSPS) is 10.9. The zero-order valence-electron chi connectivity index (χ0n) is 9.86. The van der Waals surface area contributed by atoms with E-state index in [0.29, 0.717) is 16.8 Å². The lowest BCUT2D eigenvalue weighted by Crippen LogP contribution is -1.87. The summed E-state index contributed by atoms with van der Waals surface area (Å²) in [4.78, 5) is 0.878. The molecule has 0 amide bonds. The summed E-state index contributed by atoms with van der Waals surface area (Å²) in [5.74, 6) is -0.158. The quantitative estimate of drug-likeness (QED) is 0.614. The van der Waals surface area contributed by atoms with Gasteiger partial charge in [0.1, 0.15) is 11.5 Å². The van der Waals surface area contributed by atoms with Crippen molar-refractivity contribution in [2.24, 2.45) is 0 Å². The molecule has 0 aliphatic heterocycles. The van der Waals surface area contributed by atoms with Crippen LogP contribution >= 0.6 is 43.2 Å². The fourth-order valence-corrected chi connectivity index (χ4v) is 3.88. The van der Waals surface area contributed by atoms with Crippen LogP contribution in [0.15, 0.2) is 43.1 Å². The van der Waals surface area contributed by atoms with Gasteiger partial charge in [0.05, 0.1) is 14.2 Å². The Morgan fingerprint density at radius 1 is 1.25 bits per heavy atom. The van der Waals surface area contributed by atoms with Gasteiger partial charge >= 0.3 is 0 Å². The molecule has 102 valence electrons. The first-order valence-electron chi connectivity index (χ1n) is 5.52. The van der Waals surface area contributed by atoms with E-state index in [1.807, 2.05) is 6.07 Å². The van der Waals surface area contributed by atoms with Gasteiger partial charge in [0, 0.05) is 4.47 Å². The van der Waals surface area contributed by atoms with E-state index in [-0.39, 0.29) is 11.7 Å².